The third kappa shape index (κ3) is 3.00. The van der Waals surface area contributed by atoms with E-state index in [0.717, 1.165) is 17.0 Å². The molecule has 0 saturated heterocycles. The fourth-order valence-electron chi connectivity index (χ4n) is 1.95. The molecule has 3 nitrogen and oxygen atoms in total. The molecule has 1 aromatic heterocycles. The lowest BCUT2D eigenvalue weighted by atomic mass is 10.0. The first-order valence-corrected chi connectivity index (χ1v) is 6.54. The summed E-state index contributed by atoms with van der Waals surface area (Å²) < 4.78 is 5.34. The smallest absolute Gasteiger partial charge is 0.142 e. The maximum Gasteiger partial charge on any atom is 0.142 e. The highest BCUT2D eigenvalue weighted by molar-refractivity contribution is 6.42. The number of hydrogen-bond donors (Lipinski definition) is 1. The molecule has 0 radical (unpaired) electrons. The molecule has 5 heteroatoms. The second-order valence-electron chi connectivity index (χ2n) is 3.99. The third-order valence-corrected chi connectivity index (χ3v) is 3.60. The van der Waals surface area contributed by atoms with Gasteiger partial charge in [-0.1, -0.05) is 29.3 Å². The molecule has 0 saturated carbocycles. The number of hydrogen-bond acceptors (Lipinski definition) is 3. The van der Waals surface area contributed by atoms with E-state index in [-0.39, 0.29) is 6.04 Å². The molecule has 0 amide bonds. The van der Waals surface area contributed by atoms with Gasteiger partial charge < -0.3 is 10.1 Å². The molecule has 19 heavy (non-hydrogen) atoms. The fraction of sp³-hybridized carbons (Fsp3) is 0.214. The van der Waals surface area contributed by atoms with E-state index in [1.807, 2.05) is 31.3 Å². The monoisotopic (exact) mass is 296 g/mol. The van der Waals surface area contributed by atoms with Crippen LogP contribution in [0.1, 0.15) is 17.3 Å². The van der Waals surface area contributed by atoms with E-state index in [0.29, 0.717) is 10.0 Å². The van der Waals surface area contributed by atoms with Crippen molar-refractivity contribution in [3.05, 3.63) is 57.8 Å². The van der Waals surface area contributed by atoms with Gasteiger partial charge in [0.2, 0.25) is 0 Å². The first-order chi connectivity index (χ1) is 9.17. The van der Waals surface area contributed by atoms with Crippen LogP contribution in [0.4, 0.5) is 0 Å². The highest BCUT2D eigenvalue weighted by Gasteiger charge is 2.18. The van der Waals surface area contributed by atoms with Crippen LogP contribution in [0, 0.1) is 0 Å². The number of pyridine rings is 1. The van der Waals surface area contributed by atoms with Gasteiger partial charge >= 0.3 is 0 Å². The van der Waals surface area contributed by atoms with Gasteiger partial charge in [-0.05, 0) is 36.9 Å². The summed E-state index contributed by atoms with van der Waals surface area (Å²) in [6, 6.07) is 9.14. The third-order valence-electron chi connectivity index (χ3n) is 2.86. The first-order valence-electron chi connectivity index (χ1n) is 5.78. The standard InChI is InChI=1S/C14H14Cl2N2O/c1-17-13(9-5-6-10(15)11(16)8-9)14-12(19-2)4-3-7-18-14/h3-8,13,17H,1-2H3. The van der Waals surface area contributed by atoms with Crippen LogP contribution in [-0.4, -0.2) is 19.1 Å². The van der Waals surface area contributed by atoms with E-state index >= 15 is 0 Å². The van der Waals surface area contributed by atoms with Gasteiger partial charge in [-0.15, -0.1) is 0 Å². The number of halogens is 2. The van der Waals surface area contributed by atoms with Crippen LogP contribution >= 0.6 is 23.2 Å². The van der Waals surface area contributed by atoms with Gasteiger partial charge in [-0.25, -0.2) is 0 Å². The van der Waals surface area contributed by atoms with Crippen LogP contribution in [0.5, 0.6) is 5.75 Å². The summed E-state index contributed by atoms with van der Waals surface area (Å²) in [5, 5.41) is 4.27. The van der Waals surface area contributed by atoms with Gasteiger partial charge in [-0.3, -0.25) is 4.98 Å². The molecule has 1 aromatic carbocycles. The Morgan fingerprint density at radius 1 is 1.21 bits per heavy atom. The van der Waals surface area contributed by atoms with Crippen LogP contribution in [0.2, 0.25) is 10.0 Å². The molecule has 0 aliphatic heterocycles. The van der Waals surface area contributed by atoms with E-state index in [2.05, 4.69) is 10.3 Å². The highest BCUT2D eigenvalue weighted by Crippen LogP contribution is 2.31. The molecule has 0 aliphatic rings. The quantitative estimate of drug-likeness (QED) is 0.934. The number of nitrogens with zero attached hydrogens (tertiary/aromatic N) is 1. The maximum absolute atomic E-state index is 6.06. The van der Waals surface area contributed by atoms with Crippen LogP contribution in [0.3, 0.4) is 0 Å². The summed E-state index contributed by atoms with van der Waals surface area (Å²) in [5.74, 6) is 0.730. The van der Waals surface area contributed by atoms with Gasteiger partial charge in [0, 0.05) is 6.20 Å². The molecule has 1 heterocycles. The molecular formula is C14H14Cl2N2O. The molecule has 0 fully saturated rings. The summed E-state index contributed by atoms with van der Waals surface area (Å²) in [7, 11) is 3.49. The largest absolute Gasteiger partial charge is 0.495 e. The molecule has 2 aromatic rings. The van der Waals surface area contributed by atoms with Gasteiger partial charge in [-0.2, -0.15) is 0 Å². The van der Waals surface area contributed by atoms with Crippen molar-refractivity contribution in [3.63, 3.8) is 0 Å². The van der Waals surface area contributed by atoms with Crippen LogP contribution in [0.15, 0.2) is 36.5 Å². The van der Waals surface area contributed by atoms with Crippen molar-refractivity contribution in [2.24, 2.45) is 0 Å². The lowest BCUT2D eigenvalue weighted by Gasteiger charge is -2.19. The molecule has 1 N–H and O–H groups in total. The topological polar surface area (TPSA) is 34.2 Å². The van der Waals surface area contributed by atoms with Gasteiger partial charge in [0.05, 0.1) is 23.2 Å². The summed E-state index contributed by atoms with van der Waals surface area (Å²) in [6.07, 6.45) is 1.74. The van der Waals surface area contributed by atoms with Crippen LogP contribution < -0.4 is 10.1 Å². The van der Waals surface area contributed by atoms with Crippen LogP contribution in [0.25, 0.3) is 0 Å². The number of rotatable bonds is 4. The van der Waals surface area contributed by atoms with Crippen molar-refractivity contribution in [1.82, 2.24) is 10.3 Å². The van der Waals surface area contributed by atoms with Crippen molar-refractivity contribution >= 4 is 23.2 Å². The average molecular weight is 297 g/mol. The van der Waals surface area contributed by atoms with Crippen LogP contribution in [-0.2, 0) is 0 Å². The molecule has 1 unspecified atom stereocenters. The molecule has 2 rings (SSSR count). The SMILES string of the molecule is CNC(c1ccc(Cl)c(Cl)c1)c1ncccc1OC. The van der Waals surface area contributed by atoms with E-state index in [4.69, 9.17) is 27.9 Å². The summed E-state index contributed by atoms with van der Waals surface area (Å²) in [4.78, 5) is 4.39. The Bertz CT molecular complexity index is 575. The summed E-state index contributed by atoms with van der Waals surface area (Å²) >= 11 is 12.0. The lowest BCUT2D eigenvalue weighted by Crippen LogP contribution is -2.19. The van der Waals surface area contributed by atoms with E-state index in [1.165, 1.54) is 0 Å². The van der Waals surface area contributed by atoms with E-state index < -0.39 is 0 Å². The molecule has 0 bridgehead atoms. The normalized spacial score (nSPS) is 12.2. The second kappa shape index (κ2) is 6.24. The van der Waals surface area contributed by atoms with E-state index in [1.54, 1.807) is 19.4 Å². The van der Waals surface area contributed by atoms with Gasteiger partial charge in [0.25, 0.3) is 0 Å². The zero-order chi connectivity index (χ0) is 13.8. The number of benzene rings is 1. The molecular weight excluding hydrogens is 283 g/mol. The van der Waals surface area contributed by atoms with Crippen molar-refractivity contribution in [2.45, 2.75) is 6.04 Å². The number of nitrogens with one attached hydrogen (secondary N) is 1. The summed E-state index contributed by atoms with van der Waals surface area (Å²) in [5.41, 5.74) is 1.79. The number of ether oxygens (including phenoxy) is 1. The summed E-state index contributed by atoms with van der Waals surface area (Å²) in [6.45, 7) is 0. The maximum atomic E-state index is 6.06. The minimum atomic E-state index is -0.106. The fourth-order valence-corrected chi connectivity index (χ4v) is 2.25. The van der Waals surface area contributed by atoms with Gasteiger partial charge in [0.15, 0.2) is 0 Å². The van der Waals surface area contributed by atoms with Crippen molar-refractivity contribution in [1.29, 1.82) is 0 Å². The zero-order valence-corrected chi connectivity index (χ0v) is 12.2. The Labute approximate surface area is 122 Å². The Balaban J connectivity index is 2.46. The Morgan fingerprint density at radius 3 is 2.63 bits per heavy atom. The van der Waals surface area contributed by atoms with Gasteiger partial charge in [0.1, 0.15) is 11.4 Å². The average Bonchev–Trinajstić information content (AvgIpc) is 2.44. The zero-order valence-electron chi connectivity index (χ0n) is 10.7. The Hall–Kier alpha value is -1.29. The minimum Gasteiger partial charge on any atom is -0.495 e. The first kappa shape index (κ1) is 14.1. The minimum absolute atomic E-state index is 0.106. The molecule has 100 valence electrons. The predicted octanol–water partition coefficient (Wildman–Crippen LogP) is 3.71. The molecule has 1 atom stereocenters. The highest BCUT2D eigenvalue weighted by atomic mass is 35.5. The van der Waals surface area contributed by atoms with Crippen molar-refractivity contribution in [2.75, 3.05) is 14.2 Å². The van der Waals surface area contributed by atoms with Crippen molar-refractivity contribution in [3.8, 4) is 5.75 Å². The Morgan fingerprint density at radius 2 is 2.00 bits per heavy atom. The van der Waals surface area contributed by atoms with E-state index in [9.17, 15) is 0 Å². The number of methoxy groups -OCH3 is 1. The lowest BCUT2D eigenvalue weighted by molar-refractivity contribution is 0.401. The molecule has 0 spiro atoms. The number of aromatic nitrogens is 1. The second-order valence-corrected chi connectivity index (χ2v) is 4.80. The predicted molar refractivity (Wildman–Crippen MR) is 78.2 cm³/mol. The van der Waals surface area contributed by atoms with Crippen molar-refractivity contribution < 1.29 is 4.74 Å². The molecule has 0 aliphatic carbocycles. The Kier molecular flexibility index (Phi) is 4.64.